The number of hydrogen-bond acceptors (Lipinski definition) is 4. The summed E-state index contributed by atoms with van der Waals surface area (Å²) in [5.41, 5.74) is 8.48. The molecule has 1 aromatic heterocycles. The first-order valence-electron chi connectivity index (χ1n) is 13.0. The maximum absolute atomic E-state index is 12.4. The average Bonchev–Trinajstić information content (AvgIpc) is 3.28. The van der Waals surface area contributed by atoms with E-state index in [9.17, 15) is 4.79 Å². The van der Waals surface area contributed by atoms with E-state index >= 15 is 0 Å². The molecule has 0 unspecified atom stereocenters. The summed E-state index contributed by atoms with van der Waals surface area (Å²) in [5.74, 6) is -0.330. The Kier molecular flexibility index (Phi) is 8.69. The topological polar surface area (TPSA) is 73.2 Å². The van der Waals surface area contributed by atoms with Crippen molar-refractivity contribution >= 4 is 11.7 Å². The van der Waals surface area contributed by atoms with E-state index in [-0.39, 0.29) is 12.6 Å². The summed E-state index contributed by atoms with van der Waals surface area (Å²) in [6, 6.07) is 19.2. The van der Waals surface area contributed by atoms with Crippen LogP contribution < -0.4 is 5.62 Å². The van der Waals surface area contributed by atoms with Crippen molar-refractivity contribution in [1.29, 1.82) is 0 Å². The van der Waals surface area contributed by atoms with E-state index in [4.69, 9.17) is 4.74 Å². The van der Waals surface area contributed by atoms with E-state index < -0.39 is 0 Å². The van der Waals surface area contributed by atoms with Gasteiger partial charge in [-0.05, 0) is 79.8 Å². The number of nitrogens with zero attached hydrogens (tertiary/aromatic N) is 5. The maximum atomic E-state index is 12.4. The zero-order chi connectivity index (χ0) is 27.1. The number of rotatable bonds is 9. The van der Waals surface area contributed by atoms with Crippen LogP contribution in [0.2, 0.25) is 0 Å². The molecular formula is C31H35N5O2. The summed E-state index contributed by atoms with van der Waals surface area (Å²) in [4.78, 5) is 12.4. The lowest BCUT2D eigenvalue weighted by Crippen LogP contribution is -2.25. The predicted molar refractivity (Wildman–Crippen MR) is 150 cm³/mol. The molecule has 0 saturated heterocycles. The van der Waals surface area contributed by atoms with E-state index in [1.165, 1.54) is 16.7 Å². The van der Waals surface area contributed by atoms with Gasteiger partial charge in [-0.1, -0.05) is 66.5 Å². The Labute approximate surface area is 224 Å². The summed E-state index contributed by atoms with van der Waals surface area (Å²) in [5, 5.41) is 13.0. The normalized spacial score (nSPS) is 11.9. The molecule has 0 N–H and O–H groups in total. The van der Waals surface area contributed by atoms with Crippen molar-refractivity contribution in [2.75, 3.05) is 0 Å². The third-order valence-electron chi connectivity index (χ3n) is 6.46. The lowest BCUT2D eigenvalue weighted by molar-refractivity contribution is 0.0472. The van der Waals surface area contributed by atoms with Crippen LogP contribution in [0.5, 0.6) is 0 Å². The highest BCUT2D eigenvalue weighted by Crippen LogP contribution is 2.20. The van der Waals surface area contributed by atoms with Crippen LogP contribution in [0.1, 0.15) is 57.9 Å². The van der Waals surface area contributed by atoms with Crippen molar-refractivity contribution in [2.45, 2.75) is 60.6 Å². The molecule has 0 bridgehead atoms. The van der Waals surface area contributed by atoms with Gasteiger partial charge in [0.1, 0.15) is 6.61 Å². The fourth-order valence-corrected chi connectivity index (χ4v) is 4.56. The van der Waals surface area contributed by atoms with Gasteiger partial charge in [0, 0.05) is 18.9 Å². The second-order valence-electron chi connectivity index (χ2n) is 9.61. The van der Waals surface area contributed by atoms with Gasteiger partial charge in [-0.2, -0.15) is 0 Å². The average molecular weight is 510 g/mol. The molecule has 0 aliphatic heterocycles. The van der Waals surface area contributed by atoms with Crippen LogP contribution in [-0.4, -0.2) is 15.1 Å². The predicted octanol–water partition coefficient (Wildman–Crippen LogP) is 7.27. The second-order valence-corrected chi connectivity index (χ2v) is 9.61. The molecule has 196 valence electrons. The van der Waals surface area contributed by atoms with Crippen LogP contribution in [0, 0.1) is 27.7 Å². The van der Waals surface area contributed by atoms with Crippen molar-refractivity contribution in [3.8, 4) is 5.69 Å². The van der Waals surface area contributed by atoms with Crippen LogP contribution in [0.3, 0.4) is 0 Å². The van der Waals surface area contributed by atoms with Gasteiger partial charge in [-0.25, -0.2) is 4.79 Å². The van der Waals surface area contributed by atoms with E-state index in [1.54, 1.807) is 6.07 Å². The minimum Gasteiger partial charge on any atom is -0.457 e. The third-order valence-corrected chi connectivity index (χ3v) is 6.46. The number of unbranched alkanes of at least 4 members (excludes halogenated alkanes) is 1. The molecule has 3 aromatic carbocycles. The van der Waals surface area contributed by atoms with Crippen LogP contribution in [0.25, 0.3) is 5.69 Å². The molecule has 7 heteroatoms. The zero-order valence-corrected chi connectivity index (χ0v) is 22.8. The van der Waals surface area contributed by atoms with Crippen LogP contribution in [0.15, 0.2) is 88.5 Å². The Balaban J connectivity index is 1.52. The molecular weight excluding hydrogens is 474 g/mol. The highest BCUT2D eigenvalue weighted by Gasteiger charge is 2.11. The number of carbonyl (C=O) groups excluding carboxylic acids is 1. The van der Waals surface area contributed by atoms with Gasteiger partial charge in [0.05, 0.1) is 16.9 Å². The first-order valence-corrected chi connectivity index (χ1v) is 13.0. The minimum absolute atomic E-state index is 0.190. The van der Waals surface area contributed by atoms with E-state index in [0.29, 0.717) is 11.3 Å². The zero-order valence-electron chi connectivity index (χ0n) is 22.8. The summed E-state index contributed by atoms with van der Waals surface area (Å²) in [6.07, 6.45) is 6.24. The molecule has 4 aromatic rings. The SMILES string of the molecule is CCCCn1ccn(-c2c(C)cc(C)cc2C)/c1=N\N=Nc1ccc(COC(=O)c2ccccc2C)cc1. The molecule has 7 nitrogen and oxygen atoms in total. The van der Waals surface area contributed by atoms with Crippen molar-refractivity contribution in [3.63, 3.8) is 0 Å². The van der Waals surface area contributed by atoms with Crippen LogP contribution in [0.4, 0.5) is 5.69 Å². The lowest BCUT2D eigenvalue weighted by atomic mass is 10.1. The number of esters is 1. The smallest absolute Gasteiger partial charge is 0.338 e. The quantitative estimate of drug-likeness (QED) is 0.135. The van der Waals surface area contributed by atoms with Gasteiger partial charge in [0.25, 0.3) is 0 Å². The van der Waals surface area contributed by atoms with Gasteiger partial charge in [0.2, 0.25) is 5.62 Å². The van der Waals surface area contributed by atoms with Crippen molar-refractivity contribution in [3.05, 3.63) is 112 Å². The largest absolute Gasteiger partial charge is 0.457 e. The Morgan fingerprint density at radius 3 is 2.29 bits per heavy atom. The van der Waals surface area contributed by atoms with Crippen LogP contribution >= 0.6 is 0 Å². The van der Waals surface area contributed by atoms with Gasteiger partial charge < -0.3 is 9.30 Å². The molecule has 1 heterocycles. The number of ether oxygens (including phenoxy) is 1. The van der Waals surface area contributed by atoms with Crippen molar-refractivity contribution in [1.82, 2.24) is 9.13 Å². The van der Waals surface area contributed by atoms with Crippen LogP contribution in [-0.2, 0) is 17.9 Å². The molecule has 0 aliphatic carbocycles. The number of imidazole rings is 1. The summed E-state index contributed by atoms with van der Waals surface area (Å²) < 4.78 is 9.68. The number of carbonyl (C=O) groups is 1. The first-order chi connectivity index (χ1) is 18.4. The molecule has 0 amide bonds. The molecule has 0 spiro atoms. The molecule has 0 fully saturated rings. The van der Waals surface area contributed by atoms with Crippen molar-refractivity contribution in [2.24, 2.45) is 15.4 Å². The van der Waals surface area contributed by atoms with Crippen molar-refractivity contribution < 1.29 is 9.53 Å². The summed E-state index contributed by atoms with van der Waals surface area (Å²) in [7, 11) is 0. The molecule has 0 saturated carbocycles. The second kappa shape index (κ2) is 12.3. The van der Waals surface area contributed by atoms with Gasteiger partial charge in [-0.3, -0.25) is 4.57 Å². The number of aryl methyl sites for hydroxylation is 5. The summed E-state index contributed by atoms with van der Waals surface area (Å²) in [6.45, 7) is 11.5. The Hall–Kier alpha value is -4.26. The van der Waals surface area contributed by atoms with E-state index in [1.807, 2.05) is 55.6 Å². The number of hydrogen-bond donors (Lipinski definition) is 0. The Morgan fingerprint density at radius 1 is 0.895 bits per heavy atom. The highest BCUT2D eigenvalue weighted by atomic mass is 16.5. The number of aromatic nitrogens is 2. The van der Waals surface area contributed by atoms with E-state index in [2.05, 4.69) is 70.6 Å². The molecule has 4 rings (SSSR count). The molecule has 38 heavy (non-hydrogen) atoms. The van der Waals surface area contributed by atoms with Gasteiger partial charge in [-0.15, -0.1) is 5.11 Å². The number of benzene rings is 3. The van der Waals surface area contributed by atoms with E-state index in [0.717, 1.165) is 41.8 Å². The monoisotopic (exact) mass is 509 g/mol. The first kappa shape index (κ1) is 26.8. The minimum atomic E-state index is -0.330. The van der Waals surface area contributed by atoms with Gasteiger partial charge in [0.15, 0.2) is 0 Å². The fourth-order valence-electron chi connectivity index (χ4n) is 4.56. The standard InChI is InChI=1S/C31H35N5O2/c1-6-7-16-35-17-18-36(29-24(4)19-22(2)20-25(29)5)31(35)33-34-32-27-14-12-26(13-15-27)21-38-30(37)28-11-9-8-10-23(28)3/h8-15,17-20H,6-7,16,21H2,1-5H3/b33-31-,34-32?. The Bertz CT molecular complexity index is 1490. The molecule has 0 radical (unpaired) electrons. The maximum Gasteiger partial charge on any atom is 0.338 e. The summed E-state index contributed by atoms with van der Waals surface area (Å²) >= 11 is 0. The van der Waals surface area contributed by atoms with Gasteiger partial charge >= 0.3 is 5.97 Å². The highest BCUT2D eigenvalue weighted by molar-refractivity contribution is 5.90. The third kappa shape index (κ3) is 6.35. The molecule has 0 atom stereocenters. The molecule has 0 aliphatic rings. The lowest BCUT2D eigenvalue weighted by Gasteiger charge is -2.12. The fraction of sp³-hybridized carbons (Fsp3) is 0.290. The Morgan fingerprint density at radius 2 is 1.61 bits per heavy atom.